The molecule has 1 heterocycles. The summed E-state index contributed by atoms with van der Waals surface area (Å²) in [5.74, 6) is -0.744. The highest BCUT2D eigenvalue weighted by Gasteiger charge is 2.29. The van der Waals surface area contributed by atoms with Crippen molar-refractivity contribution < 1.29 is 23.1 Å². The molecule has 0 atom stereocenters. The first-order valence-corrected chi connectivity index (χ1v) is 8.92. The molecule has 0 aromatic rings. The normalized spacial score (nSPS) is 29.2. The van der Waals surface area contributed by atoms with E-state index in [0.717, 1.165) is 12.8 Å². The number of ether oxygens (including phenoxy) is 1. The van der Waals surface area contributed by atoms with E-state index in [4.69, 9.17) is 9.84 Å². The fourth-order valence-electron chi connectivity index (χ4n) is 2.98. The Morgan fingerprint density at radius 2 is 1.70 bits per heavy atom. The topological polar surface area (TPSA) is 92.7 Å². The predicted molar refractivity (Wildman–Crippen MR) is 73.8 cm³/mol. The fourth-order valence-corrected chi connectivity index (χ4v) is 4.78. The van der Waals surface area contributed by atoms with Gasteiger partial charge >= 0.3 is 5.97 Å². The van der Waals surface area contributed by atoms with Gasteiger partial charge in [0, 0.05) is 19.3 Å². The van der Waals surface area contributed by atoms with E-state index in [1.807, 2.05) is 0 Å². The Morgan fingerprint density at radius 1 is 1.10 bits per heavy atom. The summed E-state index contributed by atoms with van der Waals surface area (Å²) < 4.78 is 32.2. The number of rotatable bonds is 5. The number of carboxylic acids is 1. The minimum Gasteiger partial charge on any atom is -0.481 e. The Labute approximate surface area is 119 Å². The fraction of sp³-hybridized carbons (Fsp3) is 0.923. The van der Waals surface area contributed by atoms with E-state index < -0.39 is 16.0 Å². The molecule has 2 rings (SSSR count). The lowest BCUT2D eigenvalue weighted by Crippen LogP contribution is -2.41. The van der Waals surface area contributed by atoms with Gasteiger partial charge in [0.25, 0.3) is 0 Å². The lowest BCUT2D eigenvalue weighted by molar-refractivity contribution is -0.142. The highest BCUT2D eigenvalue weighted by molar-refractivity contribution is 7.89. The molecule has 2 fully saturated rings. The molecule has 0 spiro atoms. The number of sulfonamides is 1. The molecule has 0 aromatic carbocycles. The van der Waals surface area contributed by atoms with E-state index in [-0.39, 0.29) is 23.6 Å². The van der Waals surface area contributed by atoms with Crippen LogP contribution in [0, 0.1) is 11.8 Å². The van der Waals surface area contributed by atoms with Crippen LogP contribution in [0.3, 0.4) is 0 Å². The number of carbonyl (C=O) groups is 1. The van der Waals surface area contributed by atoms with Crippen LogP contribution in [0.2, 0.25) is 0 Å². The van der Waals surface area contributed by atoms with Crippen LogP contribution in [0.4, 0.5) is 0 Å². The van der Waals surface area contributed by atoms with Crippen LogP contribution in [0.15, 0.2) is 0 Å². The van der Waals surface area contributed by atoms with Gasteiger partial charge in [0.15, 0.2) is 0 Å². The summed E-state index contributed by atoms with van der Waals surface area (Å²) in [5, 5.41) is 8.92. The zero-order valence-corrected chi connectivity index (χ0v) is 12.4. The van der Waals surface area contributed by atoms with E-state index in [0.29, 0.717) is 38.9 Å². The Hall–Kier alpha value is -0.660. The number of hydrogen-bond acceptors (Lipinski definition) is 4. The van der Waals surface area contributed by atoms with Gasteiger partial charge in [-0.3, -0.25) is 4.79 Å². The molecule has 0 bridgehead atoms. The molecule has 0 unspecified atom stereocenters. The number of carboxylic acid groups (broad SMARTS) is 1. The Bertz CT molecular complexity index is 422. The molecule has 20 heavy (non-hydrogen) atoms. The maximum Gasteiger partial charge on any atom is 0.306 e. The van der Waals surface area contributed by atoms with Crippen molar-refractivity contribution in [1.82, 2.24) is 4.72 Å². The Kier molecular flexibility index (Phi) is 5.40. The Balaban J connectivity index is 1.78. The van der Waals surface area contributed by atoms with Gasteiger partial charge in [0.05, 0.1) is 11.7 Å². The lowest BCUT2D eigenvalue weighted by Gasteiger charge is -2.28. The maximum atomic E-state index is 12.1. The van der Waals surface area contributed by atoms with Gasteiger partial charge in [0.2, 0.25) is 10.0 Å². The second kappa shape index (κ2) is 6.87. The smallest absolute Gasteiger partial charge is 0.306 e. The van der Waals surface area contributed by atoms with Crippen LogP contribution in [0.25, 0.3) is 0 Å². The molecular weight excluding hydrogens is 282 g/mol. The Morgan fingerprint density at radius 3 is 2.25 bits per heavy atom. The van der Waals surface area contributed by atoms with Gasteiger partial charge in [-0.25, -0.2) is 13.1 Å². The van der Waals surface area contributed by atoms with Crippen LogP contribution in [0.5, 0.6) is 0 Å². The molecule has 1 aliphatic heterocycles. The number of aliphatic carboxylic acids is 1. The van der Waals surface area contributed by atoms with Crippen molar-refractivity contribution in [2.75, 3.05) is 19.0 Å². The molecular formula is C13H23NO5S. The predicted octanol–water partition coefficient (Wildman–Crippen LogP) is 0.976. The van der Waals surface area contributed by atoms with Crippen LogP contribution in [-0.2, 0) is 19.6 Å². The SMILES string of the molecule is O=C(O)C1CCC(NS(=O)(=O)CC2CCOCC2)CC1. The summed E-state index contributed by atoms with van der Waals surface area (Å²) in [4.78, 5) is 10.9. The van der Waals surface area contributed by atoms with Gasteiger partial charge in [-0.15, -0.1) is 0 Å². The van der Waals surface area contributed by atoms with Gasteiger partial charge in [-0.2, -0.15) is 0 Å². The molecule has 116 valence electrons. The minimum atomic E-state index is -3.27. The average Bonchev–Trinajstić information content (AvgIpc) is 2.39. The van der Waals surface area contributed by atoms with Crippen molar-refractivity contribution in [3.8, 4) is 0 Å². The van der Waals surface area contributed by atoms with Crippen molar-refractivity contribution >= 4 is 16.0 Å². The third-order valence-electron chi connectivity index (χ3n) is 4.22. The zero-order valence-electron chi connectivity index (χ0n) is 11.6. The van der Waals surface area contributed by atoms with Crippen molar-refractivity contribution in [2.45, 2.75) is 44.6 Å². The van der Waals surface area contributed by atoms with Gasteiger partial charge in [-0.05, 0) is 44.4 Å². The van der Waals surface area contributed by atoms with Crippen LogP contribution in [-0.4, -0.2) is 44.5 Å². The number of nitrogens with one attached hydrogen (secondary N) is 1. The maximum absolute atomic E-state index is 12.1. The van der Waals surface area contributed by atoms with Gasteiger partial charge < -0.3 is 9.84 Å². The van der Waals surface area contributed by atoms with E-state index in [2.05, 4.69) is 4.72 Å². The van der Waals surface area contributed by atoms with Crippen LogP contribution in [0.1, 0.15) is 38.5 Å². The minimum absolute atomic E-state index is 0.101. The number of hydrogen-bond donors (Lipinski definition) is 2. The molecule has 0 radical (unpaired) electrons. The van der Waals surface area contributed by atoms with Gasteiger partial charge in [-0.1, -0.05) is 0 Å². The third kappa shape index (κ3) is 4.71. The average molecular weight is 305 g/mol. The van der Waals surface area contributed by atoms with E-state index in [9.17, 15) is 13.2 Å². The first-order valence-electron chi connectivity index (χ1n) is 7.27. The van der Waals surface area contributed by atoms with Gasteiger partial charge in [0.1, 0.15) is 0 Å². The standard InChI is InChI=1S/C13H23NO5S/c15-13(16)11-1-3-12(4-2-11)14-20(17,18)9-10-5-7-19-8-6-10/h10-12,14H,1-9H2,(H,15,16). The third-order valence-corrected chi connectivity index (χ3v) is 5.82. The molecule has 0 amide bonds. The summed E-state index contributed by atoms with van der Waals surface area (Å²) in [7, 11) is -3.27. The monoisotopic (exact) mass is 305 g/mol. The highest BCUT2D eigenvalue weighted by Crippen LogP contribution is 2.25. The molecule has 1 saturated carbocycles. The second-order valence-corrected chi connectivity index (χ2v) is 7.64. The summed E-state index contributed by atoms with van der Waals surface area (Å²) in [6.07, 6.45) is 3.94. The zero-order chi connectivity index (χ0) is 14.6. The van der Waals surface area contributed by atoms with E-state index >= 15 is 0 Å². The lowest BCUT2D eigenvalue weighted by atomic mass is 9.87. The molecule has 0 aromatic heterocycles. The summed E-state index contributed by atoms with van der Waals surface area (Å²) in [6.45, 7) is 1.29. The first kappa shape index (κ1) is 15.7. The highest BCUT2D eigenvalue weighted by atomic mass is 32.2. The van der Waals surface area contributed by atoms with E-state index in [1.54, 1.807) is 0 Å². The molecule has 7 heteroatoms. The summed E-state index contributed by atoms with van der Waals surface area (Å²) in [5.41, 5.74) is 0. The molecule has 6 nitrogen and oxygen atoms in total. The largest absolute Gasteiger partial charge is 0.481 e. The molecule has 1 aliphatic carbocycles. The van der Waals surface area contributed by atoms with Crippen molar-refractivity contribution in [2.24, 2.45) is 11.8 Å². The molecule has 2 aliphatic rings. The van der Waals surface area contributed by atoms with Crippen LogP contribution < -0.4 is 4.72 Å². The van der Waals surface area contributed by atoms with Crippen LogP contribution >= 0.6 is 0 Å². The second-order valence-electron chi connectivity index (χ2n) is 5.84. The van der Waals surface area contributed by atoms with Crippen molar-refractivity contribution in [1.29, 1.82) is 0 Å². The molecule has 2 N–H and O–H groups in total. The van der Waals surface area contributed by atoms with Crippen molar-refractivity contribution in [3.05, 3.63) is 0 Å². The van der Waals surface area contributed by atoms with Crippen molar-refractivity contribution in [3.63, 3.8) is 0 Å². The summed E-state index contributed by atoms with van der Waals surface area (Å²) in [6, 6.07) is -0.101. The van der Waals surface area contributed by atoms with E-state index in [1.165, 1.54) is 0 Å². The first-order chi connectivity index (χ1) is 9.46. The molecule has 1 saturated heterocycles. The summed E-state index contributed by atoms with van der Waals surface area (Å²) >= 11 is 0. The quantitative estimate of drug-likeness (QED) is 0.789.